The Hall–Kier alpha value is -1.55. The highest BCUT2D eigenvalue weighted by Gasteiger charge is 2.16. The Labute approximate surface area is 98.5 Å². The van der Waals surface area contributed by atoms with Gasteiger partial charge in [-0.1, -0.05) is 23.7 Å². The zero-order valence-electron chi connectivity index (χ0n) is 8.99. The van der Waals surface area contributed by atoms with Crippen LogP contribution in [0.25, 0.3) is 0 Å². The molecule has 0 aliphatic heterocycles. The van der Waals surface area contributed by atoms with Crippen LogP contribution in [-0.4, -0.2) is 17.9 Å². The van der Waals surface area contributed by atoms with Crippen LogP contribution in [0.3, 0.4) is 0 Å². The number of benzene rings is 1. The summed E-state index contributed by atoms with van der Waals surface area (Å²) in [7, 11) is 0. The van der Waals surface area contributed by atoms with E-state index in [1.165, 1.54) is 6.92 Å². The molecule has 0 radical (unpaired) electrons. The molecule has 1 rings (SSSR count). The van der Waals surface area contributed by atoms with E-state index in [0.717, 1.165) is 0 Å². The van der Waals surface area contributed by atoms with Gasteiger partial charge < -0.3 is 10.1 Å². The van der Waals surface area contributed by atoms with Crippen molar-refractivity contribution in [3.63, 3.8) is 0 Å². The average molecular weight is 242 g/mol. The summed E-state index contributed by atoms with van der Waals surface area (Å²) in [6.07, 6.45) is 0. The number of amides is 1. The van der Waals surface area contributed by atoms with E-state index in [0.29, 0.717) is 5.02 Å². The molecule has 0 fully saturated rings. The molecule has 4 nitrogen and oxygen atoms in total. The second-order valence-electron chi connectivity index (χ2n) is 3.27. The van der Waals surface area contributed by atoms with Gasteiger partial charge in [0, 0.05) is 6.92 Å². The van der Waals surface area contributed by atoms with Crippen LogP contribution >= 0.6 is 11.6 Å². The summed E-state index contributed by atoms with van der Waals surface area (Å²) >= 11 is 5.81. The largest absolute Gasteiger partial charge is 0.423 e. The Morgan fingerprint density at radius 3 is 2.56 bits per heavy atom. The third-order valence-electron chi connectivity index (χ3n) is 1.82. The molecule has 0 bridgehead atoms. The van der Waals surface area contributed by atoms with E-state index in [2.05, 4.69) is 5.32 Å². The van der Waals surface area contributed by atoms with Crippen molar-refractivity contribution >= 4 is 23.5 Å². The third-order valence-corrected chi connectivity index (χ3v) is 2.13. The van der Waals surface area contributed by atoms with Crippen molar-refractivity contribution in [2.75, 3.05) is 0 Å². The Morgan fingerprint density at radius 1 is 1.38 bits per heavy atom. The number of esters is 1. The molecule has 86 valence electrons. The van der Waals surface area contributed by atoms with Gasteiger partial charge in [0.2, 0.25) is 5.91 Å². The van der Waals surface area contributed by atoms with Gasteiger partial charge in [-0.3, -0.25) is 4.79 Å². The van der Waals surface area contributed by atoms with E-state index in [1.54, 1.807) is 31.2 Å². The van der Waals surface area contributed by atoms with Crippen LogP contribution < -0.4 is 10.1 Å². The number of halogens is 1. The van der Waals surface area contributed by atoms with Crippen molar-refractivity contribution in [3.8, 4) is 5.75 Å². The van der Waals surface area contributed by atoms with Gasteiger partial charge in [0.25, 0.3) is 0 Å². The first kappa shape index (κ1) is 12.5. The second-order valence-corrected chi connectivity index (χ2v) is 3.68. The zero-order chi connectivity index (χ0) is 12.1. The van der Waals surface area contributed by atoms with Gasteiger partial charge in [0.05, 0.1) is 5.02 Å². The molecule has 0 saturated carbocycles. The van der Waals surface area contributed by atoms with Crippen LogP contribution in [0.4, 0.5) is 0 Å². The zero-order valence-corrected chi connectivity index (χ0v) is 9.75. The Kier molecular flexibility index (Phi) is 4.31. The highest BCUT2D eigenvalue weighted by atomic mass is 35.5. The van der Waals surface area contributed by atoms with Gasteiger partial charge in [-0.15, -0.1) is 0 Å². The summed E-state index contributed by atoms with van der Waals surface area (Å²) in [6, 6.07) is 5.94. The fourth-order valence-electron chi connectivity index (χ4n) is 1.09. The first-order chi connectivity index (χ1) is 7.50. The fourth-order valence-corrected chi connectivity index (χ4v) is 1.26. The summed E-state index contributed by atoms with van der Waals surface area (Å²) < 4.78 is 5.02. The van der Waals surface area contributed by atoms with Crippen molar-refractivity contribution in [1.82, 2.24) is 5.32 Å². The molecule has 1 aromatic rings. The highest BCUT2D eigenvalue weighted by Crippen LogP contribution is 2.23. The second kappa shape index (κ2) is 5.51. The van der Waals surface area contributed by atoms with Crippen molar-refractivity contribution < 1.29 is 14.3 Å². The SMILES string of the molecule is CC(=O)NC(C)C(=O)Oc1ccccc1Cl. The molecule has 1 N–H and O–H groups in total. The van der Waals surface area contributed by atoms with Crippen LogP contribution in [0.5, 0.6) is 5.75 Å². The summed E-state index contributed by atoms with van der Waals surface area (Å²) in [5.74, 6) is -0.557. The molecule has 1 atom stereocenters. The summed E-state index contributed by atoms with van der Waals surface area (Å²) in [5.41, 5.74) is 0. The van der Waals surface area contributed by atoms with Gasteiger partial charge in [-0.2, -0.15) is 0 Å². The maximum Gasteiger partial charge on any atom is 0.333 e. The standard InChI is InChI=1S/C11H12ClNO3/c1-7(13-8(2)14)11(15)16-10-6-4-3-5-9(10)12/h3-7H,1-2H3,(H,13,14). The minimum Gasteiger partial charge on any atom is -0.423 e. The smallest absolute Gasteiger partial charge is 0.333 e. The quantitative estimate of drug-likeness (QED) is 0.648. The summed E-state index contributed by atoms with van der Waals surface area (Å²) in [6.45, 7) is 2.87. The first-order valence-corrected chi connectivity index (χ1v) is 5.12. The molecular formula is C11H12ClNO3. The van der Waals surface area contributed by atoms with Gasteiger partial charge in [0.1, 0.15) is 11.8 Å². The van der Waals surface area contributed by atoms with E-state index < -0.39 is 12.0 Å². The number of para-hydroxylation sites is 1. The number of rotatable bonds is 3. The average Bonchev–Trinajstić information content (AvgIpc) is 2.20. The van der Waals surface area contributed by atoms with E-state index in [4.69, 9.17) is 16.3 Å². The van der Waals surface area contributed by atoms with Gasteiger partial charge in [-0.05, 0) is 19.1 Å². The molecule has 0 heterocycles. The van der Waals surface area contributed by atoms with Crippen LogP contribution in [0, 0.1) is 0 Å². The lowest BCUT2D eigenvalue weighted by Gasteiger charge is -2.12. The number of carbonyl (C=O) groups excluding carboxylic acids is 2. The topological polar surface area (TPSA) is 55.4 Å². The number of hydrogen-bond donors (Lipinski definition) is 1. The van der Waals surface area contributed by atoms with Crippen molar-refractivity contribution in [1.29, 1.82) is 0 Å². The number of ether oxygens (including phenoxy) is 1. The predicted molar refractivity (Wildman–Crippen MR) is 60.4 cm³/mol. The summed E-state index contributed by atoms with van der Waals surface area (Å²) in [4.78, 5) is 22.2. The lowest BCUT2D eigenvalue weighted by atomic mass is 10.3. The molecule has 0 spiro atoms. The minimum absolute atomic E-state index is 0.284. The lowest BCUT2D eigenvalue weighted by molar-refractivity contribution is -0.138. The van der Waals surface area contributed by atoms with Crippen LogP contribution in [0.15, 0.2) is 24.3 Å². The Morgan fingerprint density at radius 2 is 2.00 bits per heavy atom. The normalized spacial score (nSPS) is 11.7. The monoisotopic (exact) mass is 241 g/mol. The number of hydrogen-bond acceptors (Lipinski definition) is 3. The predicted octanol–water partition coefficient (Wildman–Crippen LogP) is 1.77. The Bertz CT molecular complexity index is 406. The summed E-state index contributed by atoms with van der Waals surface area (Å²) in [5, 5.41) is 2.78. The van der Waals surface area contributed by atoms with Gasteiger partial charge >= 0.3 is 5.97 Å². The van der Waals surface area contributed by atoms with E-state index >= 15 is 0 Å². The molecule has 0 aliphatic rings. The molecule has 5 heteroatoms. The molecule has 0 saturated heterocycles. The first-order valence-electron chi connectivity index (χ1n) is 4.74. The molecule has 1 unspecified atom stereocenters. The molecule has 0 aliphatic carbocycles. The third kappa shape index (κ3) is 3.55. The van der Waals surface area contributed by atoms with E-state index in [-0.39, 0.29) is 11.7 Å². The van der Waals surface area contributed by atoms with Crippen molar-refractivity contribution in [2.24, 2.45) is 0 Å². The molecular weight excluding hydrogens is 230 g/mol. The van der Waals surface area contributed by atoms with Crippen LogP contribution in [-0.2, 0) is 9.59 Å². The van der Waals surface area contributed by atoms with Crippen molar-refractivity contribution in [2.45, 2.75) is 19.9 Å². The minimum atomic E-state index is -0.700. The van der Waals surface area contributed by atoms with E-state index in [9.17, 15) is 9.59 Å². The molecule has 16 heavy (non-hydrogen) atoms. The Balaban J connectivity index is 2.64. The highest BCUT2D eigenvalue weighted by molar-refractivity contribution is 6.32. The number of carbonyl (C=O) groups is 2. The fraction of sp³-hybridized carbons (Fsp3) is 0.273. The van der Waals surface area contributed by atoms with Crippen molar-refractivity contribution in [3.05, 3.63) is 29.3 Å². The molecule has 1 amide bonds. The van der Waals surface area contributed by atoms with Crippen LogP contribution in [0.2, 0.25) is 5.02 Å². The lowest BCUT2D eigenvalue weighted by Crippen LogP contribution is -2.39. The molecule has 1 aromatic carbocycles. The maximum absolute atomic E-state index is 11.5. The number of nitrogens with one attached hydrogen (secondary N) is 1. The van der Waals surface area contributed by atoms with Gasteiger partial charge in [0.15, 0.2) is 0 Å². The van der Waals surface area contributed by atoms with Crippen LogP contribution in [0.1, 0.15) is 13.8 Å². The van der Waals surface area contributed by atoms with Gasteiger partial charge in [-0.25, -0.2) is 4.79 Å². The van der Waals surface area contributed by atoms with E-state index in [1.807, 2.05) is 0 Å². The molecule has 0 aromatic heterocycles. The maximum atomic E-state index is 11.5.